The number of benzene rings is 1. The third kappa shape index (κ3) is 8.00. The standard InChI is InChI=1S/C17H12Cl2N6O2S.C11H15N5S.CO2/c1-23-7-6-12(22-23)24-14-9(8-20-16(21-14)28-2)15(26)25(17(24)27)13-10(18)4-3-5-11(13)19;1-4-8-7-12-11(17-3)14-10(8)13-9-5-6-16(2)15-9;2-1-3/h3-8H,1-2H3;5-7H,4H2,1-3H3,(H,12,13,14,15);. The summed E-state index contributed by atoms with van der Waals surface area (Å²) in [6.45, 7) is 2.08. The molecule has 0 saturated carbocycles. The van der Waals surface area contributed by atoms with E-state index in [9.17, 15) is 9.59 Å². The van der Waals surface area contributed by atoms with E-state index in [-0.39, 0.29) is 32.9 Å². The van der Waals surface area contributed by atoms with Gasteiger partial charge in [-0.1, -0.05) is 59.7 Å². The normalized spacial score (nSPS) is 10.5. The van der Waals surface area contributed by atoms with Crippen molar-refractivity contribution in [2.45, 2.75) is 23.7 Å². The van der Waals surface area contributed by atoms with Crippen LogP contribution in [-0.2, 0) is 30.1 Å². The van der Waals surface area contributed by atoms with Crippen molar-refractivity contribution in [2.75, 3.05) is 17.8 Å². The first kappa shape index (κ1) is 36.0. The monoisotopic (exact) mass is 727 g/mol. The van der Waals surface area contributed by atoms with E-state index in [4.69, 9.17) is 32.8 Å². The first-order valence-electron chi connectivity index (χ1n) is 13.8. The molecule has 6 rings (SSSR count). The summed E-state index contributed by atoms with van der Waals surface area (Å²) in [5.41, 5.74) is 0.0501. The zero-order valence-corrected chi connectivity index (χ0v) is 29.2. The van der Waals surface area contributed by atoms with Crippen molar-refractivity contribution in [3.8, 4) is 11.5 Å². The lowest BCUT2D eigenvalue weighted by Gasteiger charge is -2.14. The molecule has 0 amide bonds. The average molecular weight is 729 g/mol. The molecular formula is C29H27Cl2N11O4S2. The Morgan fingerprint density at radius 2 is 1.46 bits per heavy atom. The van der Waals surface area contributed by atoms with Crippen molar-refractivity contribution < 1.29 is 9.59 Å². The molecule has 0 bridgehead atoms. The van der Waals surface area contributed by atoms with Crippen molar-refractivity contribution in [3.63, 3.8) is 0 Å². The first-order chi connectivity index (χ1) is 23.1. The summed E-state index contributed by atoms with van der Waals surface area (Å²) >= 11 is 15.4. The number of halogens is 2. The predicted molar refractivity (Wildman–Crippen MR) is 184 cm³/mol. The summed E-state index contributed by atoms with van der Waals surface area (Å²) in [5.74, 6) is 1.94. The van der Waals surface area contributed by atoms with E-state index in [1.54, 1.807) is 53.1 Å². The highest BCUT2D eigenvalue weighted by Crippen LogP contribution is 2.27. The summed E-state index contributed by atoms with van der Waals surface area (Å²) in [6.07, 6.45) is 11.7. The Labute approximate surface area is 291 Å². The highest BCUT2D eigenvalue weighted by atomic mass is 35.5. The Balaban J connectivity index is 0.000000222. The Morgan fingerprint density at radius 3 is 2.02 bits per heavy atom. The van der Waals surface area contributed by atoms with Gasteiger partial charge in [0.05, 0.1) is 15.7 Å². The number of fused-ring (bicyclic) bond motifs is 1. The molecule has 19 heteroatoms. The molecule has 1 aromatic carbocycles. The molecule has 15 nitrogen and oxygen atoms in total. The molecule has 48 heavy (non-hydrogen) atoms. The molecule has 5 heterocycles. The molecule has 6 aromatic rings. The van der Waals surface area contributed by atoms with Gasteiger partial charge in [-0.2, -0.15) is 19.8 Å². The number of nitrogens with one attached hydrogen (secondary N) is 1. The number of para-hydroxylation sites is 1. The van der Waals surface area contributed by atoms with Crippen molar-refractivity contribution >= 4 is 75.5 Å². The maximum absolute atomic E-state index is 13.4. The Morgan fingerprint density at radius 1 is 0.854 bits per heavy atom. The smallest absolute Gasteiger partial charge is 0.323 e. The predicted octanol–water partition coefficient (Wildman–Crippen LogP) is 4.35. The molecule has 0 radical (unpaired) electrons. The molecular weight excluding hydrogens is 701 g/mol. The van der Waals surface area contributed by atoms with Gasteiger partial charge in [0.1, 0.15) is 11.2 Å². The van der Waals surface area contributed by atoms with Crippen molar-refractivity contribution in [2.24, 2.45) is 14.1 Å². The number of hydrogen-bond acceptors (Lipinski definition) is 13. The second-order valence-electron chi connectivity index (χ2n) is 9.44. The largest absolute Gasteiger partial charge is 0.373 e. The fraction of sp³-hybridized carbons (Fsp3) is 0.207. The molecule has 0 saturated heterocycles. The van der Waals surface area contributed by atoms with Crippen LogP contribution in [0.1, 0.15) is 12.5 Å². The maximum Gasteiger partial charge on any atom is 0.373 e. The molecule has 0 aliphatic carbocycles. The lowest BCUT2D eigenvalue weighted by molar-refractivity contribution is -0.191. The van der Waals surface area contributed by atoms with Crippen LogP contribution >= 0.6 is 46.7 Å². The van der Waals surface area contributed by atoms with Gasteiger partial charge in [-0.15, -0.1) is 0 Å². The van der Waals surface area contributed by atoms with Crippen LogP contribution in [0.25, 0.3) is 22.5 Å². The Kier molecular flexibility index (Phi) is 12.3. The second kappa shape index (κ2) is 16.3. The van der Waals surface area contributed by atoms with E-state index in [0.717, 1.165) is 33.3 Å². The highest BCUT2D eigenvalue weighted by molar-refractivity contribution is 7.98. The van der Waals surface area contributed by atoms with Crippen LogP contribution < -0.4 is 16.6 Å². The molecule has 0 atom stereocenters. The molecule has 0 aliphatic heterocycles. The van der Waals surface area contributed by atoms with Crippen LogP contribution in [0.3, 0.4) is 0 Å². The summed E-state index contributed by atoms with van der Waals surface area (Å²) in [7, 11) is 3.61. The summed E-state index contributed by atoms with van der Waals surface area (Å²) in [6, 6.07) is 8.30. The minimum Gasteiger partial charge on any atom is -0.323 e. The Bertz CT molecular complexity index is 2210. The van der Waals surface area contributed by atoms with Gasteiger partial charge in [-0.25, -0.2) is 33.9 Å². The van der Waals surface area contributed by atoms with E-state index in [1.807, 2.05) is 31.8 Å². The SMILES string of the molecule is CCc1cnc(SC)nc1Nc1ccn(C)n1.CSc1ncc2c(=O)n(-c3c(Cl)cccc3Cl)c(=O)n(-c3ccn(C)n3)c2n1.O=C=O. The summed E-state index contributed by atoms with van der Waals surface area (Å²) in [4.78, 5) is 60.1. The maximum atomic E-state index is 13.4. The Hall–Kier alpha value is -4.80. The number of rotatable bonds is 7. The van der Waals surface area contributed by atoms with Gasteiger partial charge >= 0.3 is 11.8 Å². The van der Waals surface area contributed by atoms with Gasteiger partial charge < -0.3 is 5.32 Å². The van der Waals surface area contributed by atoms with E-state index in [1.165, 1.54) is 34.3 Å². The van der Waals surface area contributed by atoms with Crippen LogP contribution in [-0.4, -0.2) is 67.3 Å². The highest BCUT2D eigenvalue weighted by Gasteiger charge is 2.22. The molecule has 0 aliphatic rings. The number of carbonyl (C=O) groups excluding carboxylic acids is 2. The quantitative estimate of drug-likeness (QED) is 0.182. The number of nitrogens with zero attached hydrogens (tertiary/aromatic N) is 10. The van der Waals surface area contributed by atoms with Gasteiger partial charge in [0.15, 0.2) is 27.6 Å². The van der Waals surface area contributed by atoms with E-state index >= 15 is 0 Å². The summed E-state index contributed by atoms with van der Waals surface area (Å²) in [5, 5.41) is 13.4. The van der Waals surface area contributed by atoms with Crippen molar-refractivity contribution in [1.29, 1.82) is 0 Å². The fourth-order valence-corrected chi connectivity index (χ4v) is 5.51. The van der Waals surface area contributed by atoms with Crippen LogP contribution in [0.15, 0.2) is 75.0 Å². The van der Waals surface area contributed by atoms with Crippen LogP contribution in [0.5, 0.6) is 0 Å². The average Bonchev–Trinajstić information content (AvgIpc) is 3.69. The third-order valence-electron chi connectivity index (χ3n) is 6.41. The molecule has 0 spiro atoms. The van der Waals surface area contributed by atoms with Gasteiger partial charge in [0, 0.05) is 56.6 Å². The van der Waals surface area contributed by atoms with Crippen LogP contribution in [0.2, 0.25) is 10.0 Å². The first-order valence-corrected chi connectivity index (χ1v) is 17.0. The van der Waals surface area contributed by atoms with Gasteiger partial charge in [0.2, 0.25) is 0 Å². The van der Waals surface area contributed by atoms with Crippen LogP contribution in [0.4, 0.5) is 11.6 Å². The van der Waals surface area contributed by atoms with Gasteiger partial charge in [-0.05, 0) is 31.1 Å². The van der Waals surface area contributed by atoms with Gasteiger partial charge in [0.25, 0.3) is 5.56 Å². The number of aromatic nitrogens is 10. The van der Waals surface area contributed by atoms with Crippen LogP contribution in [0, 0.1) is 0 Å². The molecule has 5 aromatic heterocycles. The minimum absolute atomic E-state index is 0.0985. The lowest BCUT2D eigenvalue weighted by atomic mass is 10.2. The number of aryl methyl sites for hydroxylation is 3. The molecule has 0 fully saturated rings. The van der Waals surface area contributed by atoms with E-state index < -0.39 is 11.2 Å². The summed E-state index contributed by atoms with van der Waals surface area (Å²) < 4.78 is 5.47. The number of anilines is 2. The lowest BCUT2D eigenvalue weighted by Crippen LogP contribution is -2.39. The zero-order valence-electron chi connectivity index (χ0n) is 26.1. The zero-order chi connectivity index (χ0) is 35.0. The van der Waals surface area contributed by atoms with E-state index in [0.29, 0.717) is 11.0 Å². The topological polar surface area (TPSA) is 177 Å². The minimum atomic E-state index is -0.683. The van der Waals surface area contributed by atoms with Gasteiger partial charge in [-0.3, -0.25) is 14.2 Å². The third-order valence-corrected chi connectivity index (χ3v) is 8.15. The molecule has 248 valence electrons. The van der Waals surface area contributed by atoms with E-state index in [2.05, 4.69) is 42.4 Å². The number of thioether (sulfide) groups is 2. The second-order valence-corrected chi connectivity index (χ2v) is 11.8. The molecule has 1 N–H and O–H groups in total. The molecule has 0 unspecified atom stereocenters. The number of hydrogen-bond donors (Lipinski definition) is 1. The fourth-order valence-electron chi connectivity index (χ4n) is 4.26. The van der Waals surface area contributed by atoms with Crippen molar-refractivity contribution in [1.82, 2.24) is 48.6 Å². The van der Waals surface area contributed by atoms with Crippen molar-refractivity contribution in [3.05, 3.63) is 91.6 Å².